The summed E-state index contributed by atoms with van der Waals surface area (Å²) in [5.74, 6) is 1.11. The molecule has 0 aromatic heterocycles. The highest BCUT2D eigenvalue weighted by Gasteiger charge is 2.45. The van der Waals surface area contributed by atoms with Crippen LogP contribution in [0.5, 0.6) is 0 Å². The van der Waals surface area contributed by atoms with Gasteiger partial charge in [-0.1, -0.05) is 26.7 Å². The Hall–Kier alpha value is -1.12. The molecule has 1 heterocycles. The van der Waals surface area contributed by atoms with Gasteiger partial charge in [0.05, 0.1) is 0 Å². The smallest absolute Gasteiger partial charge is 0.257 e. The number of imide groups is 1. The number of hydrogen-bond acceptors (Lipinski definition) is 2. The summed E-state index contributed by atoms with van der Waals surface area (Å²) in [4.78, 5) is 26.7. The van der Waals surface area contributed by atoms with E-state index >= 15 is 0 Å². The van der Waals surface area contributed by atoms with Crippen molar-refractivity contribution in [1.82, 2.24) is 4.90 Å². The molecular formula is C16H23NO2. The van der Waals surface area contributed by atoms with Crippen molar-refractivity contribution < 1.29 is 9.59 Å². The maximum Gasteiger partial charge on any atom is 0.257 e. The van der Waals surface area contributed by atoms with Crippen LogP contribution in [-0.4, -0.2) is 22.8 Å². The van der Waals surface area contributed by atoms with E-state index in [-0.39, 0.29) is 17.9 Å². The summed E-state index contributed by atoms with van der Waals surface area (Å²) in [6.07, 6.45) is 7.09. The van der Waals surface area contributed by atoms with Crippen LogP contribution in [-0.2, 0) is 9.59 Å². The van der Waals surface area contributed by atoms with Crippen molar-refractivity contribution >= 4 is 11.8 Å². The third kappa shape index (κ3) is 1.94. The topological polar surface area (TPSA) is 37.4 Å². The molecule has 0 bridgehead atoms. The van der Waals surface area contributed by atoms with Gasteiger partial charge in [-0.2, -0.15) is 0 Å². The summed E-state index contributed by atoms with van der Waals surface area (Å²) in [5, 5.41) is 0. The molecule has 0 N–H and O–H groups in total. The van der Waals surface area contributed by atoms with E-state index in [9.17, 15) is 9.59 Å². The summed E-state index contributed by atoms with van der Waals surface area (Å²) < 4.78 is 0. The zero-order valence-corrected chi connectivity index (χ0v) is 11.9. The number of rotatable bonds is 1. The van der Waals surface area contributed by atoms with Crippen molar-refractivity contribution in [3.8, 4) is 0 Å². The third-order valence-corrected chi connectivity index (χ3v) is 5.42. The zero-order valence-electron chi connectivity index (χ0n) is 11.9. The van der Waals surface area contributed by atoms with Crippen molar-refractivity contribution in [2.75, 3.05) is 0 Å². The normalized spacial score (nSPS) is 35.9. The maximum atomic E-state index is 12.5. The molecular weight excluding hydrogens is 238 g/mol. The predicted molar refractivity (Wildman–Crippen MR) is 73.3 cm³/mol. The minimum atomic E-state index is 0.0330. The number of carbonyl (C=O) groups excluding carboxylic acids is 2. The fourth-order valence-electron chi connectivity index (χ4n) is 3.98. The second-order valence-corrected chi connectivity index (χ2v) is 6.48. The first kappa shape index (κ1) is 12.9. The van der Waals surface area contributed by atoms with Crippen LogP contribution in [0.4, 0.5) is 0 Å². The first-order valence-corrected chi connectivity index (χ1v) is 7.71. The Bertz CT molecular complexity index is 424. The summed E-state index contributed by atoms with van der Waals surface area (Å²) >= 11 is 0. The van der Waals surface area contributed by atoms with Crippen LogP contribution in [0.25, 0.3) is 0 Å². The van der Waals surface area contributed by atoms with Crippen molar-refractivity contribution in [3.63, 3.8) is 0 Å². The van der Waals surface area contributed by atoms with Gasteiger partial charge in [-0.05, 0) is 43.9 Å². The lowest BCUT2D eigenvalue weighted by Crippen LogP contribution is -2.47. The Kier molecular flexibility index (Phi) is 3.23. The molecule has 3 nitrogen and oxygen atoms in total. The molecule has 1 fully saturated rings. The van der Waals surface area contributed by atoms with Gasteiger partial charge in [0.2, 0.25) is 0 Å². The molecule has 3 aliphatic rings. The Labute approximate surface area is 115 Å². The van der Waals surface area contributed by atoms with E-state index in [2.05, 4.69) is 13.8 Å². The lowest BCUT2D eigenvalue weighted by molar-refractivity contribution is -0.143. The highest BCUT2D eigenvalue weighted by atomic mass is 16.2. The third-order valence-electron chi connectivity index (χ3n) is 5.42. The maximum absolute atomic E-state index is 12.5. The van der Waals surface area contributed by atoms with E-state index in [1.54, 1.807) is 4.90 Å². The largest absolute Gasteiger partial charge is 0.272 e. The molecule has 0 aromatic rings. The number of carbonyl (C=O) groups is 2. The van der Waals surface area contributed by atoms with E-state index in [1.807, 2.05) is 0 Å². The quantitative estimate of drug-likeness (QED) is 0.680. The highest BCUT2D eigenvalue weighted by Crippen LogP contribution is 2.39. The Morgan fingerprint density at radius 1 is 0.895 bits per heavy atom. The number of nitrogens with zero attached hydrogens (tertiary/aromatic N) is 1. The Balaban J connectivity index is 1.87. The van der Waals surface area contributed by atoms with E-state index in [0.717, 1.165) is 49.7 Å². The Morgan fingerprint density at radius 2 is 1.47 bits per heavy atom. The lowest BCUT2D eigenvalue weighted by atomic mass is 9.77. The molecule has 3 rings (SSSR count). The second kappa shape index (κ2) is 4.77. The van der Waals surface area contributed by atoms with Crippen LogP contribution < -0.4 is 0 Å². The molecule has 1 saturated carbocycles. The average molecular weight is 261 g/mol. The standard InChI is InChI=1S/C16H23NO2/c1-10-6-5-9-14(11(10)2)17-15(18)12-7-3-4-8-13(12)16(17)19/h10-11,14H,3-9H2,1-2H3/t10-,11+,14+/m1/s1. The molecule has 0 unspecified atom stereocenters. The molecule has 0 spiro atoms. The summed E-state index contributed by atoms with van der Waals surface area (Å²) in [6.45, 7) is 4.45. The predicted octanol–water partition coefficient (Wildman–Crippen LogP) is 3.05. The molecule has 2 amide bonds. The van der Waals surface area contributed by atoms with Gasteiger partial charge in [-0.15, -0.1) is 0 Å². The van der Waals surface area contributed by atoms with Gasteiger partial charge >= 0.3 is 0 Å². The monoisotopic (exact) mass is 261 g/mol. The van der Waals surface area contributed by atoms with Gasteiger partial charge in [0, 0.05) is 17.2 Å². The first-order chi connectivity index (χ1) is 9.11. The van der Waals surface area contributed by atoms with Crippen molar-refractivity contribution in [2.45, 2.75) is 64.8 Å². The van der Waals surface area contributed by atoms with Gasteiger partial charge in [0.1, 0.15) is 0 Å². The molecule has 0 aromatic carbocycles. The molecule has 0 saturated heterocycles. The van der Waals surface area contributed by atoms with Crippen LogP contribution in [0.2, 0.25) is 0 Å². The summed E-state index contributed by atoms with van der Waals surface area (Å²) in [6, 6.07) is 0.134. The van der Waals surface area contributed by atoms with Crippen LogP contribution >= 0.6 is 0 Å². The molecule has 3 heteroatoms. The van der Waals surface area contributed by atoms with Crippen LogP contribution in [0, 0.1) is 11.8 Å². The zero-order chi connectivity index (χ0) is 13.6. The van der Waals surface area contributed by atoms with Crippen LogP contribution in [0.1, 0.15) is 58.8 Å². The summed E-state index contributed by atoms with van der Waals surface area (Å²) in [7, 11) is 0. The van der Waals surface area contributed by atoms with Crippen molar-refractivity contribution in [2.24, 2.45) is 11.8 Å². The fraction of sp³-hybridized carbons (Fsp3) is 0.750. The van der Waals surface area contributed by atoms with E-state index < -0.39 is 0 Å². The number of amides is 2. The average Bonchev–Trinajstić information content (AvgIpc) is 2.67. The fourth-order valence-corrected chi connectivity index (χ4v) is 3.98. The van der Waals surface area contributed by atoms with Crippen molar-refractivity contribution in [3.05, 3.63) is 11.1 Å². The molecule has 19 heavy (non-hydrogen) atoms. The van der Waals surface area contributed by atoms with E-state index in [0.29, 0.717) is 11.8 Å². The van der Waals surface area contributed by atoms with Crippen molar-refractivity contribution in [1.29, 1.82) is 0 Å². The van der Waals surface area contributed by atoms with Gasteiger partial charge < -0.3 is 0 Å². The molecule has 104 valence electrons. The van der Waals surface area contributed by atoms with Crippen LogP contribution in [0.15, 0.2) is 11.1 Å². The van der Waals surface area contributed by atoms with E-state index in [1.165, 1.54) is 6.42 Å². The minimum Gasteiger partial charge on any atom is -0.272 e. The SMILES string of the molecule is C[C@H]1[C@H](C)CCC[C@@H]1N1C(=O)C2=C(CCCC2)C1=O. The molecule has 3 atom stereocenters. The van der Waals surface area contributed by atoms with Crippen LogP contribution in [0.3, 0.4) is 0 Å². The minimum absolute atomic E-state index is 0.0330. The molecule has 2 aliphatic carbocycles. The van der Waals surface area contributed by atoms with Gasteiger partial charge in [-0.25, -0.2) is 0 Å². The van der Waals surface area contributed by atoms with Gasteiger partial charge in [0.15, 0.2) is 0 Å². The molecule has 1 aliphatic heterocycles. The Morgan fingerprint density at radius 3 is 2.05 bits per heavy atom. The second-order valence-electron chi connectivity index (χ2n) is 6.48. The number of hydrogen-bond donors (Lipinski definition) is 0. The van der Waals surface area contributed by atoms with Gasteiger partial charge in [-0.3, -0.25) is 14.5 Å². The molecule has 0 radical (unpaired) electrons. The summed E-state index contributed by atoms with van der Waals surface area (Å²) in [5.41, 5.74) is 1.67. The highest BCUT2D eigenvalue weighted by molar-refractivity contribution is 6.19. The lowest BCUT2D eigenvalue weighted by Gasteiger charge is -2.39. The van der Waals surface area contributed by atoms with Gasteiger partial charge in [0.25, 0.3) is 11.8 Å². The first-order valence-electron chi connectivity index (χ1n) is 7.71. The van der Waals surface area contributed by atoms with E-state index in [4.69, 9.17) is 0 Å².